The van der Waals surface area contributed by atoms with Crippen LogP contribution in [-0.4, -0.2) is 48.0 Å². The maximum atomic E-state index is 11.8. The molecule has 0 aliphatic carbocycles. The normalized spacial score (nSPS) is 13.2. The molecule has 0 aliphatic heterocycles. The van der Waals surface area contributed by atoms with Crippen LogP contribution in [0.2, 0.25) is 38.8 Å². The van der Waals surface area contributed by atoms with E-state index in [1.807, 2.05) is 0 Å². The van der Waals surface area contributed by atoms with Crippen LogP contribution in [0.15, 0.2) is 12.2 Å². The first-order chi connectivity index (χ1) is 10.7. The minimum Gasteiger partial charge on any atom is -0.463 e. The van der Waals surface area contributed by atoms with Gasteiger partial charge in [-0.15, -0.1) is 0 Å². The maximum Gasteiger partial charge on any atom is 0.422 e. The van der Waals surface area contributed by atoms with E-state index in [1.165, 1.54) is 0 Å². The molecule has 0 saturated carbocycles. The Morgan fingerprint density at radius 3 is 1.92 bits per heavy atom. The summed E-state index contributed by atoms with van der Waals surface area (Å²) in [4.78, 5) is 22.3. The van der Waals surface area contributed by atoms with Gasteiger partial charge < -0.3 is 13.6 Å². The molecule has 0 amide bonds. The highest BCUT2D eigenvalue weighted by Gasteiger charge is 2.29. The quantitative estimate of drug-likeness (QED) is 0.262. The van der Waals surface area contributed by atoms with Gasteiger partial charge in [0.25, 0.3) is 0 Å². The lowest BCUT2D eigenvalue weighted by molar-refractivity contribution is -0.182. The van der Waals surface area contributed by atoms with Gasteiger partial charge in [0.05, 0.1) is 6.61 Å². The smallest absolute Gasteiger partial charge is 0.422 e. The van der Waals surface area contributed by atoms with Gasteiger partial charge in [-0.25, -0.2) is 9.59 Å². The molecule has 0 fully saturated rings. The largest absolute Gasteiger partial charge is 0.463 e. The van der Waals surface area contributed by atoms with E-state index < -0.39 is 41.4 Å². The summed E-state index contributed by atoms with van der Waals surface area (Å²) >= 11 is 0. The van der Waals surface area contributed by atoms with E-state index in [9.17, 15) is 22.8 Å². The fraction of sp³-hybridized carbons (Fsp3) is 0.714. The first-order valence-electron chi connectivity index (χ1n) is 7.49. The average Bonchev–Trinajstić information content (AvgIpc) is 2.35. The van der Waals surface area contributed by atoms with Crippen LogP contribution in [0.4, 0.5) is 13.2 Å². The van der Waals surface area contributed by atoms with Crippen molar-refractivity contribution in [3.8, 4) is 0 Å². The second-order valence-electron chi connectivity index (χ2n) is 6.80. The van der Waals surface area contributed by atoms with Crippen LogP contribution in [0.1, 0.15) is 6.42 Å². The van der Waals surface area contributed by atoms with Crippen molar-refractivity contribution in [2.75, 3.05) is 13.2 Å². The van der Waals surface area contributed by atoms with Crippen LogP contribution in [-0.2, 0) is 23.2 Å². The Morgan fingerprint density at radius 2 is 1.46 bits per heavy atom. The first-order valence-corrected chi connectivity index (χ1v) is 14.0. The van der Waals surface area contributed by atoms with Crippen LogP contribution in [0.3, 0.4) is 0 Å². The van der Waals surface area contributed by atoms with E-state index in [0.29, 0.717) is 12.5 Å². The van der Waals surface area contributed by atoms with Gasteiger partial charge in [-0.1, -0.05) is 0 Å². The molecule has 0 heterocycles. The average molecular weight is 387 g/mol. The van der Waals surface area contributed by atoms with Crippen LogP contribution < -0.4 is 0 Å². The topological polar surface area (TPSA) is 61.8 Å². The summed E-state index contributed by atoms with van der Waals surface area (Å²) in [7, 11) is -3.41. The standard InChI is InChI=1S/C14H25F3O5Si2/c1-23(2,3)22-24(4,5)10-6-9-20-12(18)7-8-13(19)21-11-14(15,16)17/h7-8H,6,9-11H2,1-5H3/b8-7+. The first kappa shape index (κ1) is 22.9. The molecule has 0 bridgehead atoms. The fourth-order valence-electron chi connectivity index (χ4n) is 1.94. The van der Waals surface area contributed by atoms with Crippen LogP contribution in [0.5, 0.6) is 0 Å². The summed E-state index contributed by atoms with van der Waals surface area (Å²) < 4.78 is 50.4. The van der Waals surface area contributed by atoms with E-state index in [-0.39, 0.29) is 6.61 Å². The van der Waals surface area contributed by atoms with E-state index in [1.54, 1.807) is 0 Å². The van der Waals surface area contributed by atoms with Gasteiger partial charge in [-0.05, 0) is 45.2 Å². The SMILES string of the molecule is C[Si](C)(C)O[Si](C)(C)CCCOC(=O)/C=C/C(=O)OCC(F)(F)F. The van der Waals surface area contributed by atoms with Gasteiger partial charge in [-0.3, -0.25) is 0 Å². The summed E-state index contributed by atoms with van der Waals surface area (Å²) in [6.07, 6.45) is -2.61. The number of halogens is 3. The third-order valence-corrected chi connectivity index (χ3v) is 8.70. The number of esters is 2. The molecule has 0 aromatic heterocycles. The minimum atomic E-state index is -4.60. The van der Waals surface area contributed by atoms with Gasteiger partial charge in [0, 0.05) is 12.2 Å². The highest BCUT2D eigenvalue weighted by Crippen LogP contribution is 2.19. The third-order valence-electron chi connectivity index (χ3n) is 2.48. The number of ether oxygens (including phenoxy) is 2. The Labute approximate surface area is 142 Å². The van der Waals surface area contributed by atoms with E-state index in [2.05, 4.69) is 37.5 Å². The van der Waals surface area contributed by atoms with Crippen LogP contribution in [0, 0.1) is 0 Å². The van der Waals surface area contributed by atoms with Crippen molar-refractivity contribution < 1.29 is 36.3 Å². The Balaban J connectivity index is 4.02. The van der Waals surface area contributed by atoms with E-state index in [4.69, 9.17) is 8.85 Å². The molecule has 0 aromatic carbocycles. The third kappa shape index (κ3) is 14.5. The lowest BCUT2D eigenvalue weighted by Crippen LogP contribution is -2.42. The number of hydrogen-bond donors (Lipinski definition) is 0. The molecule has 0 radical (unpaired) electrons. The Kier molecular flexibility index (Phi) is 8.93. The van der Waals surface area contributed by atoms with Gasteiger partial charge in [0.15, 0.2) is 23.2 Å². The van der Waals surface area contributed by atoms with Crippen molar-refractivity contribution in [2.24, 2.45) is 0 Å². The van der Waals surface area contributed by atoms with E-state index in [0.717, 1.165) is 12.1 Å². The highest BCUT2D eigenvalue weighted by atomic mass is 28.4. The predicted molar refractivity (Wildman–Crippen MR) is 88.5 cm³/mol. The van der Waals surface area contributed by atoms with Crippen molar-refractivity contribution in [1.29, 1.82) is 0 Å². The molecule has 140 valence electrons. The minimum absolute atomic E-state index is 0.159. The molecular formula is C14H25F3O5Si2. The van der Waals surface area contributed by atoms with Crippen molar-refractivity contribution >= 4 is 28.6 Å². The Bertz CT molecular complexity index is 456. The molecule has 0 spiro atoms. The second-order valence-corrected chi connectivity index (χ2v) is 15.9. The van der Waals surface area contributed by atoms with Crippen molar-refractivity contribution in [3.63, 3.8) is 0 Å². The Morgan fingerprint density at radius 1 is 0.958 bits per heavy atom. The van der Waals surface area contributed by atoms with Gasteiger partial charge >= 0.3 is 18.1 Å². The fourth-order valence-corrected chi connectivity index (χ4v) is 9.97. The number of rotatable bonds is 9. The second kappa shape index (κ2) is 9.37. The van der Waals surface area contributed by atoms with E-state index >= 15 is 0 Å². The molecule has 0 aliphatic rings. The van der Waals surface area contributed by atoms with Gasteiger partial charge in [0.2, 0.25) is 0 Å². The summed E-state index contributed by atoms with van der Waals surface area (Å²) in [5, 5.41) is 0. The van der Waals surface area contributed by atoms with Crippen LogP contribution in [0.25, 0.3) is 0 Å². The zero-order chi connectivity index (χ0) is 19.0. The zero-order valence-corrected chi connectivity index (χ0v) is 16.7. The monoisotopic (exact) mass is 386 g/mol. The van der Waals surface area contributed by atoms with Crippen LogP contribution >= 0.6 is 0 Å². The predicted octanol–water partition coefficient (Wildman–Crippen LogP) is 3.64. The molecule has 10 heteroatoms. The number of hydrogen-bond acceptors (Lipinski definition) is 5. The molecule has 0 unspecified atom stereocenters. The molecule has 0 atom stereocenters. The Hall–Kier alpha value is -1.14. The van der Waals surface area contributed by atoms with Crippen molar-refractivity contribution in [2.45, 2.75) is 51.4 Å². The summed E-state index contributed by atoms with van der Waals surface area (Å²) in [5.74, 6) is -2.05. The van der Waals surface area contributed by atoms with Crippen molar-refractivity contribution in [1.82, 2.24) is 0 Å². The maximum absolute atomic E-state index is 11.8. The molecule has 24 heavy (non-hydrogen) atoms. The molecule has 5 nitrogen and oxygen atoms in total. The number of carbonyl (C=O) groups is 2. The summed E-state index contributed by atoms with van der Waals surface area (Å²) in [5.41, 5.74) is 0. The molecular weight excluding hydrogens is 361 g/mol. The molecule has 0 N–H and O–H groups in total. The zero-order valence-electron chi connectivity index (χ0n) is 14.7. The number of carbonyl (C=O) groups excluding carboxylic acids is 2. The lowest BCUT2D eigenvalue weighted by atomic mass is 10.5. The lowest BCUT2D eigenvalue weighted by Gasteiger charge is -2.31. The summed E-state index contributed by atoms with van der Waals surface area (Å²) in [6, 6.07) is 0.821. The highest BCUT2D eigenvalue weighted by molar-refractivity contribution is 6.84. The van der Waals surface area contributed by atoms with Gasteiger partial charge in [0.1, 0.15) is 0 Å². The van der Waals surface area contributed by atoms with Crippen molar-refractivity contribution in [3.05, 3.63) is 12.2 Å². The molecule has 0 saturated heterocycles. The summed E-state index contributed by atoms with van der Waals surface area (Å²) in [6.45, 7) is 9.01. The molecule has 0 aromatic rings. The number of alkyl halides is 3. The molecule has 0 rings (SSSR count). The van der Waals surface area contributed by atoms with Gasteiger partial charge in [-0.2, -0.15) is 13.2 Å².